The van der Waals surface area contributed by atoms with Crippen molar-refractivity contribution in [1.29, 1.82) is 0 Å². The van der Waals surface area contributed by atoms with Gasteiger partial charge in [0.15, 0.2) is 5.69 Å². The second-order valence-electron chi connectivity index (χ2n) is 5.59. The predicted molar refractivity (Wildman–Crippen MR) is 104 cm³/mol. The Kier molecular flexibility index (Phi) is 6.36. The summed E-state index contributed by atoms with van der Waals surface area (Å²) in [6.07, 6.45) is 0. The Morgan fingerprint density at radius 3 is 2.14 bits per heavy atom. The van der Waals surface area contributed by atoms with Gasteiger partial charge in [-0.1, -0.05) is 12.1 Å². The average molecular weight is 425 g/mol. The number of hydrogen-bond donors (Lipinski definition) is 3. The molecule has 156 valence electrons. The Morgan fingerprint density at radius 2 is 1.69 bits per heavy atom. The third kappa shape index (κ3) is 3.83. The molecule has 5 N–H and O–H groups in total. The SMILES string of the molecule is CCNC(=O)c1ccccc1[N+](C(N)=O)(c1nc(OC)cc(OC)n1)S(N)(=O)=O. The van der Waals surface area contributed by atoms with Gasteiger partial charge in [-0.3, -0.25) is 4.79 Å². The van der Waals surface area contributed by atoms with Gasteiger partial charge in [0.1, 0.15) is 5.56 Å². The van der Waals surface area contributed by atoms with Crippen LogP contribution in [0.3, 0.4) is 0 Å². The van der Waals surface area contributed by atoms with Crippen molar-refractivity contribution in [3.05, 3.63) is 35.9 Å². The largest absolute Gasteiger partial charge is 0.481 e. The van der Waals surface area contributed by atoms with E-state index < -0.39 is 32.0 Å². The van der Waals surface area contributed by atoms with E-state index in [0.29, 0.717) is 0 Å². The highest BCUT2D eigenvalue weighted by Gasteiger charge is 2.56. The maximum absolute atomic E-state index is 12.8. The number of methoxy groups -OCH3 is 2. The van der Waals surface area contributed by atoms with Crippen molar-refractivity contribution < 1.29 is 27.5 Å². The van der Waals surface area contributed by atoms with Crippen LogP contribution in [0.1, 0.15) is 17.3 Å². The summed E-state index contributed by atoms with van der Waals surface area (Å²) in [7, 11) is -2.37. The zero-order valence-electron chi connectivity index (χ0n) is 15.9. The summed E-state index contributed by atoms with van der Waals surface area (Å²) in [5.41, 5.74) is 5.01. The molecule has 0 aliphatic rings. The Labute approximate surface area is 167 Å². The molecule has 1 aromatic carbocycles. The second kappa shape index (κ2) is 8.38. The number of primary amides is 1. The fraction of sp³-hybridized carbons (Fsp3) is 0.250. The third-order valence-corrected chi connectivity index (χ3v) is 5.19. The van der Waals surface area contributed by atoms with Gasteiger partial charge in [0, 0.05) is 12.6 Å². The quantitative estimate of drug-likeness (QED) is 0.525. The van der Waals surface area contributed by atoms with Crippen LogP contribution >= 0.6 is 0 Å². The molecule has 1 atom stereocenters. The van der Waals surface area contributed by atoms with Crippen molar-refractivity contribution in [3.8, 4) is 11.8 Å². The van der Waals surface area contributed by atoms with E-state index in [9.17, 15) is 18.0 Å². The van der Waals surface area contributed by atoms with Crippen molar-refractivity contribution in [3.63, 3.8) is 0 Å². The van der Waals surface area contributed by atoms with Crippen molar-refractivity contribution >= 4 is 33.8 Å². The first kappa shape index (κ1) is 22.0. The zero-order valence-corrected chi connectivity index (χ0v) is 16.8. The van der Waals surface area contributed by atoms with Gasteiger partial charge in [-0.05, 0) is 16.9 Å². The number of para-hydroxylation sites is 1. The van der Waals surface area contributed by atoms with Crippen LogP contribution in [0, 0.1) is 0 Å². The maximum Gasteiger partial charge on any atom is 0.443 e. The van der Waals surface area contributed by atoms with Gasteiger partial charge in [0.05, 0.1) is 20.3 Å². The number of ether oxygens (including phenoxy) is 2. The lowest BCUT2D eigenvalue weighted by atomic mass is 10.1. The number of quaternary nitrogens is 1. The Bertz CT molecular complexity index is 1020. The summed E-state index contributed by atoms with van der Waals surface area (Å²) in [6, 6.07) is 5.24. The lowest BCUT2D eigenvalue weighted by molar-refractivity contribution is 0.0956. The molecule has 2 aromatic rings. The van der Waals surface area contributed by atoms with Crippen molar-refractivity contribution in [2.45, 2.75) is 6.92 Å². The van der Waals surface area contributed by atoms with E-state index in [-0.39, 0.29) is 29.6 Å². The number of nitrogens with one attached hydrogen (secondary N) is 1. The van der Waals surface area contributed by atoms with Crippen LogP contribution in [0.2, 0.25) is 0 Å². The molecule has 1 unspecified atom stereocenters. The molecule has 0 fully saturated rings. The summed E-state index contributed by atoms with van der Waals surface area (Å²) in [5.74, 6) is -1.55. The van der Waals surface area contributed by atoms with Crippen LogP contribution in [0.15, 0.2) is 30.3 Å². The number of amides is 3. The van der Waals surface area contributed by atoms with Crippen molar-refractivity contribution in [2.75, 3.05) is 20.8 Å². The van der Waals surface area contributed by atoms with Crippen LogP contribution in [-0.4, -0.2) is 51.1 Å². The van der Waals surface area contributed by atoms with E-state index in [2.05, 4.69) is 15.3 Å². The van der Waals surface area contributed by atoms with E-state index in [1.165, 1.54) is 44.6 Å². The number of benzene rings is 1. The summed E-state index contributed by atoms with van der Waals surface area (Å²) in [4.78, 5) is 33.1. The van der Waals surface area contributed by atoms with E-state index in [0.717, 1.165) is 0 Å². The molecule has 3 amide bonds. The topological polar surface area (TPSA) is 177 Å². The summed E-state index contributed by atoms with van der Waals surface area (Å²) < 4.78 is 33.8. The zero-order chi connectivity index (χ0) is 21.8. The van der Waals surface area contributed by atoms with E-state index in [1.807, 2.05) is 0 Å². The molecule has 1 heterocycles. The Morgan fingerprint density at radius 1 is 1.14 bits per heavy atom. The predicted octanol–water partition coefficient (Wildman–Crippen LogP) is 0.165. The second-order valence-corrected chi connectivity index (χ2v) is 7.17. The van der Waals surface area contributed by atoms with Gasteiger partial charge in [-0.25, -0.2) is 4.79 Å². The number of carbonyl (C=O) groups excluding carboxylic acids is 2. The van der Waals surface area contributed by atoms with E-state index >= 15 is 0 Å². The molecule has 0 spiro atoms. The number of aromatic nitrogens is 2. The number of urea groups is 1. The first-order valence-corrected chi connectivity index (χ1v) is 9.71. The monoisotopic (exact) mass is 425 g/mol. The van der Waals surface area contributed by atoms with Crippen LogP contribution in [0.5, 0.6) is 11.8 Å². The van der Waals surface area contributed by atoms with Gasteiger partial charge in [0.25, 0.3) is 5.91 Å². The molecule has 1 aromatic heterocycles. The minimum atomic E-state index is -4.91. The van der Waals surface area contributed by atoms with Gasteiger partial charge < -0.3 is 20.5 Å². The summed E-state index contributed by atoms with van der Waals surface area (Å²) in [5, 5.41) is 7.99. The molecule has 0 aliphatic carbocycles. The van der Waals surface area contributed by atoms with Crippen LogP contribution < -0.4 is 29.6 Å². The number of nitrogens with two attached hydrogens (primary N) is 2. The number of carbonyl (C=O) groups is 2. The van der Waals surface area contributed by atoms with Gasteiger partial charge >= 0.3 is 22.2 Å². The van der Waals surface area contributed by atoms with Crippen LogP contribution in [-0.2, 0) is 10.2 Å². The molecule has 0 aliphatic heterocycles. The minimum absolute atomic E-state index is 0.116. The van der Waals surface area contributed by atoms with Crippen LogP contribution in [0.25, 0.3) is 0 Å². The first-order chi connectivity index (χ1) is 13.6. The molecule has 0 saturated carbocycles. The lowest BCUT2D eigenvalue weighted by Crippen LogP contribution is -2.61. The Hall–Kier alpha value is -3.29. The maximum atomic E-state index is 12.8. The molecule has 12 nitrogen and oxygen atoms in total. The summed E-state index contributed by atoms with van der Waals surface area (Å²) in [6.45, 7) is 1.93. The Balaban J connectivity index is 3.02. The smallest absolute Gasteiger partial charge is 0.443 e. The van der Waals surface area contributed by atoms with Crippen LogP contribution in [0.4, 0.5) is 16.4 Å². The van der Waals surface area contributed by atoms with Gasteiger partial charge in [0.2, 0.25) is 11.8 Å². The summed E-state index contributed by atoms with van der Waals surface area (Å²) >= 11 is 0. The van der Waals surface area contributed by atoms with E-state index in [4.69, 9.17) is 20.3 Å². The van der Waals surface area contributed by atoms with Gasteiger partial charge in [-0.2, -0.15) is 13.6 Å². The molecular weight excluding hydrogens is 404 g/mol. The van der Waals surface area contributed by atoms with Gasteiger partial charge in [-0.15, -0.1) is 9.97 Å². The number of hydrogen-bond acceptors (Lipinski definition) is 8. The number of nitrogens with zero attached hydrogens (tertiary/aromatic N) is 3. The van der Waals surface area contributed by atoms with Crippen molar-refractivity contribution in [1.82, 2.24) is 19.2 Å². The third-order valence-electron chi connectivity index (χ3n) is 3.88. The molecule has 0 bridgehead atoms. The highest BCUT2D eigenvalue weighted by Crippen LogP contribution is 2.39. The molecule has 0 saturated heterocycles. The lowest BCUT2D eigenvalue weighted by Gasteiger charge is -2.28. The first-order valence-electron chi connectivity index (χ1n) is 8.20. The highest BCUT2D eigenvalue weighted by molar-refractivity contribution is 7.89. The molecule has 29 heavy (non-hydrogen) atoms. The number of rotatable bonds is 7. The fourth-order valence-electron chi connectivity index (χ4n) is 2.64. The molecule has 2 rings (SSSR count). The van der Waals surface area contributed by atoms with E-state index in [1.54, 1.807) is 6.92 Å². The minimum Gasteiger partial charge on any atom is -0.481 e. The highest BCUT2D eigenvalue weighted by atomic mass is 32.2. The standard InChI is InChI=1S/C16H20N6O6S/c1-4-19-14(23)10-7-5-6-8-11(10)22(15(17)24,29(18,25)26)16-20-12(27-2)9-13(21-16)28-3/h5-9H,4H2,1-3H3,(H4-,17,18,19,23,24,25,26)/p+1. The normalized spacial score (nSPS) is 13.2. The van der Waals surface area contributed by atoms with Crippen molar-refractivity contribution in [2.24, 2.45) is 10.9 Å². The fourth-order valence-corrected chi connectivity index (χ4v) is 3.63. The molecular formula is C16H21N6O6S+. The molecule has 0 radical (unpaired) electrons. The average Bonchev–Trinajstić information content (AvgIpc) is 2.67. The molecule has 13 heteroatoms.